The topological polar surface area (TPSA) is 45.4 Å². The fraction of sp³-hybridized carbons (Fsp3) is 0.615. The van der Waals surface area contributed by atoms with Crippen molar-refractivity contribution in [1.82, 2.24) is 9.88 Å². The molecule has 1 atom stereocenters. The van der Waals surface area contributed by atoms with E-state index in [2.05, 4.69) is 4.98 Å². The van der Waals surface area contributed by atoms with E-state index in [0.717, 1.165) is 5.82 Å². The third kappa shape index (κ3) is 3.61. The fourth-order valence-corrected chi connectivity index (χ4v) is 2.51. The summed E-state index contributed by atoms with van der Waals surface area (Å²) in [6.07, 6.45) is -2.58. The number of pyridine rings is 1. The number of piperazine rings is 1. The summed E-state index contributed by atoms with van der Waals surface area (Å²) < 4.78 is 39.0. The Morgan fingerprint density at radius 2 is 1.90 bits per heavy atom. The molecule has 1 aliphatic rings. The molecule has 1 aromatic rings. The van der Waals surface area contributed by atoms with Gasteiger partial charge in [-0.3, -0.25) is 4.90 Å². The minimum Gasteiger partial charge on any atom is -0.354 e. The summed E-state index contributed by atoms with van der Waals surface area (Å²) in [6, 6.07) is 4.14. The predicted octanol–water partition coefficient (Wildman–Crippen LogP) is 1.48. The number of nitrogens with two attached hydrogens (primary N) is 1. The number of hydrogen-bond donors (Lipinski definition) is 1. The molecule has 4 nitrogen and oxygen atoms in total. The molecule has 2 heterocycles. The van der Waals surface area contributed by atoms with Crippen molar-refractivity contribution in [2.45, 2.75) is 18.6 Å². The van der Waals surface area contributed by atoms with Crippen molar-refractivity contribution in [2.24, 2.45) is 5.73 Å². The van der Waals surface area contributed by atoms with Crippen LogP contribution in [0.15, 0.2) is 24.4 Å². The number of hydrogen-bond acceptors (Lipinski definition) is 4. The highest BCUT2D eigenvalue weighted by atomic mass is 19.4. The molecule has 1 saturated heterocycles. The van der Waals surface area contributed by atoms with Crippen LogP contribution in [0, 0.1) is 0 Å². The molecular formula is C13H19F3N4. The Labute approximate surface area is 116 Å². The van der Waals surface area contributed by atoms with Crippen LogP contribution in [0.3, 0.4) is 0 Å². The van der Waals surface area contributed by atoms with Crippen molar-refractivity contribution < 1.29 is 13.2 Å². The maximum absolute atomic E-state index is 13.0. The summed E-state index contributed by atoms with van der Waals surface area (Å²) in [7, 11) is 0. The first-order chi connectivity index (χ1) is 9.52. The SMILES string of the molecule is NCCC(N1CCN(c2ccccn2)CC1)C(F)(F)F. The van der Waals surface area contributed by atoms with E-state index in [1.165, 1.54) is 4.90 Å². The molecular weight excluding hydrogens is 269 g/mol. The van der Waals surface area contributed by atoms with Gasteiger partial charge in [0.25, 0.3) is 0 Å². The number of nitrogens with zero attached hydrogens (tertiary/aromatic N) is 3. The van der Waals surface area contributed by atoms with Crippen molar-refractivity contribution in [1.29, 1.82) is 0 Å². The van der Waals surface area contributed by atoms with Crippen LogP contribution in [0.4, 0.5) is 19.0 Å². The molecule has 2 N–H and O–H groups in total. The molecule has 1 aliphatic heterocycles. The summed E-state index contributed by atoms with van der Waals surface area (Å²) in [5.74, 6) is 0.814. The molecule has 0 radical (unpaired) electrons. The van der Waals surface area contributed by atoms with Crippen molar-refractivity contribution in [3.8, 4) is 0 Å². The van der Waals surface area contributed by atoms with Gasteiger partial charge in [-0.05, 0) is 25.1 Å². The number of alkyl halides is 3. The monoisotopic (exact) mass is 288 g/mol. The van der Waals surface area contributed by atoms with Gasteiger partial charge in [0, 0.05) is 32.4 Å². The zero-order chi connectivity index (χ0) is 14.6. The molecule has 0 saturated carbocycles. The molecule has 112 valence electrons. The summed E-state index contributed by atoms with van der Waals surface area (Å²) in [5, 5.41) is 0. The lowest BCUT2D eigenvalue weighted by atomic mass is 10.1. The maximum atomic E-state index is 13.0. The Balaban J connectivity index is 1.96. The van der Waals surface area contributed by atoms with E-state index in [1.54, 1.807) is 6.20 Å². The van der Waals surface area contributed by atoms with E-state index < -0.39 is 12.2 Å². The van der Waals surface area contributed by atoms with E-state index >= 15 is 0 Å². The average molecular weight is 288 g/mol. The van der Waals surface area contributed by atoms with Crippen molar-refractivity contribution in [3.63, 3.8) is 0 Å². The first kappa shape index (κ1) is 15.1. The first-order valence-corrected chi connectivity index (χ1v) is 6.69. The van der Waals surface area contributed by atoms with Gasteiger partial charge < -0.3 is 10.6 Å². The summed E-state index contributed by atoms with van der Waals surface area (Å²) >= 11 is 0. The molecule has 0 bridgehead atoms. The van der Waals surface area contributed by atoms with Gasteiger partial charge in [-0.25, -0.2) is 4.98 Å². The van der Waals surface area contributed by atoms with Gasteiger partial charge >= 0.3 is 6.18 Å². The van der Waals surface area contributed by atoms with Crippen molar-refractivity contribution >= 4 is 5.82 Å². The van der Waals surface area contributed by atoms with Crippen LogP contribution in [0.25, 0.3) is 0 Å². The Morgan fingerprint density at radius 3 is 2.40 bits per heavy atom. The second kappa shape index (κ2) is 6.41. The number of aromatic nitrogens is 1. The predicted molar refractivity (Wildman–Crippen MR) is 71.5 cm³/mol. The molecule has 0 spiro atoms. The fourth-order valence-electron chi connectivity index (χ4n) is 2.51. The molecule has 0 aliphatic carbocycles. The first-order valence-electron chi connectivity index (χ1n) is 6.69. The Bertz CT molecular complexity index is 402. The van der Waals surface area contributed by atoms with Gasteiger partial charge in [-0.15, -0.1) is 0 Å². The minimum atomic E-state index is -4.22. The smallest absolute Gasteiger partial charge is 0.354 e. The zero-order valence-electron chi connectivity index (χ0n) is 11.2. The molecule has 2 rings (SSSR count). The van der Waals surface area contributed by atoms with Crippen molar-refractivity contribution in [3.05, 3.63) is 24.4 Å². The molecule has 0 amide bonds. The summed E-state index contributed by atoms with van der Waals surface area (Å²) in [4.78, 5) is 7.71. The highest BCUT2D eigenvalue weighted by molar-refractivity contribution is 5.38. The Morgan fingerprint density at radius 1 is 1.20 bits per heavy atom. The molecule has 1 unspecified atom stereocenters. The van der Waals surface area contributed by atoms with Crippen LogP contribution in [0.5, 0.6) is 0 Å². The van der Waals surface area contributed by atoms with Crippen LogP contribution in [0.1, 0.15) is 6.42 Å². The second-order valence-electron chi connectivity index (χ2n) is 4.85. The number of anilines is 1. The van der Waals surface area contributed by atoms with E-state index in [1.807, 2.05) is 23.1 Å². The molecule has 1 fully saturated rings. The van der Waals surface area contributed by atoms with Crippen LogP contribution in [-0.2, 0) is 0 Å². The number of halogens is 3. The van der Waals surface area contributed by atoms with Gasteiger partial charge in [0.15, 0.2) is 0 Å². The quantitative estimate of drug-likeness (QED) is 0.911. The van der Waals surface area contributed by atoms with E-state index in [-0.39, 0.29) is 13.0 Å². The van der Waals surface area contributed by atoms with Crippen LogP contribution in [0.2, 0.25) is 0 Å². The van der Waals surface area contributed by atoms with Crippen molar-refractivity contribution in [2.75, 3.05) is 37.6 Å². The van der Waals surface area contributed by atoms with Gasteiger partial charge in [-0.2, -0.15) is 13.2 Å². The maximum Gasteiger partial charge on any atom is 0.404 e. The van der Waals surface area contributed by atoms with Gasteiger partial charge in [0.1, 0.15) is 11.9 Å². The highest BCUT2D eigenvalue weighted by Gasteiger charge is 2.43. The summed E-state index contributed by atoms with van der Waals surface area (Å²) in [6.45, 7) is 1.90. The molecule has 7 heteroatoms. The third-order valence-electron chi connectivity index (χ3n) is 3.55. The van der Waals surface area contributed by atoms with Gasteiger partial charge in [-0.1, -0.05) is 6.07 Å². The lowest BCUT2D eigenvalue weighted by Crippen LogP contribution is -2.55. The van der Waals surface area contributed by atoms with E-state index in [9.17, 15) is 13.2 Å². The number of rotatable bonds is 4. The molecule has 20 heavy (non-hydrogen) atoms. The van der Waals surface area contributed by atoms with Gasteiger partial charge in [0.2, 0.25) is 0 Å². The molecule has 1 aromatic heterocycles. The third-order valence-corrected chi connectivity index (χ3v) is 3.55. The second-order valence-corrected chi connectivity index (χ2v) is 4.85. The zero-order valence-corrected chi connectivity index (χ0v) is 11.2. The minimum absolute atomic E-state index is 0.0463. The Hall–Kier alpha value is -1.34. The van der Waals surface area contributed by atoms with E-state index in [0.29, 0.717) is 26.2 Å². The van der Waals surface area contributed by atoms with E-state index in [4.69, 9.17) is 5.73 Å². The average Bonchev–Trinajstić information content (AvgIpc) is 2.45. The largest absolute Gasteiger partial charge is 0.404 e. The standard InChI is InChI=1S/C13H19F3N4/c14-13(15,16)11(4-5-17)19-7-9-20(10-8-19)12-3-1-2-6-18-12/h1-3,6,11H,4-5,7-10,17H2. The lowest BCUT2D eigenvalue weighted by molar-refractivity contribution is -0.185. The summed E-state index contributed by atoms with van der Waals surface area (Å²) in [5.41, 5.74) is 5.30. The molecule has 0 aromatic carbocycles. The van der Waals surface area contributed by atoms with Crippen LogP contribution >= 0.6 is 0 Å². The highest BCUT2D eigenvalue weighted by Crippen LogP contribution is 2.28. The Kier molecular flexibility index (Phi) is 4.82. The van der Waals surface area contributed by atoms with Gasteiger partial charge in [0.05, 0.1) is 0 Å². The van der Waals surface area contributed by atoms with Crippen LogP contribution in [-0.4, -0.2) is 54.8 Å². The normalized spacial score (nSPS) is 19.1. The lowest BCUT2D eigenvalue weighted by Gasteiger charge is -2.40. The van der Waals surface area contributed by atoms with Crippen LogP contribution < -0.4 is 10.6 Å².